The summed E-state index contributed by atoms with van der Waals surface area (Å²) in [4.78, 5) is 16.9. The molecule has 8 nitrogen and oxygen atoms in total. The lowest BCUT2D eigenvalue weighted by atomic mass is 10.2. The Balaban J connectivity index is 2.04. The number of pyridine rings is 1. The van der Waals surface area contributed by atoms with Crippen LogP contribution in [0.5, 0.6) is 11.5 Å². The molecule has 0 saturated heterocycles. The molecule has 0 aliphatic rings. The zero-order valence-corrected chi connectivity index (χ0v) is 18.2. The van der Waals surface area contributed by atoms with Crippen molar-refractivity contribution in [1.29, 1.82) is 0 Å². The van der Waals surface area contributed by atoms with Crippen molar-refractivity contribution in [1.82, 2.24) is 4.98 Å². The topological polar surface area (TPSA) is 97.8 Å². The van der Waals surface area contributed by atoms with Crippen LogP contribution < -0.4 is 19.1 Å². The van der Waals surface area contributed by atoms with E-state index in [9.17, 15) is 13.2 Å². The molecule has 1 N–H and O–H groups in total. The van der Waals surface area contributed by atoms with Crippen molar-refractivity contribution < 1.29 is 22.7 Å². The quantitative estimate of drug-likeness (QED) is 0.576. The number of nitrogens with zero attached hydrogens (tertiary/aromatic N) is 2. The molecule has 1 aromatic heterocycles. The number of carbonyl (C=O) groups excluding carboxylic acids is 1. The smallest absolute Gasteiger partial charge is 0.264 e. The third kappa shape index (κ3) is 5.13. The number of anilines is 2. The SMILES string of the molecule is COc1ccc(OC)c(N(CC(=O)Nc2cncc(C)c2)S(=O)(=O)c2ccccc2)c1. The Hall–Kier alpha value is -3.59. The number of aromatic nitrogens is 1. The number of benzene rings is 2. The van der Waals surface area contributed by atoms with E-state index in [1.54, 1.807) is 42.6 Å². The highest BCUT2D eigenvalue weighted by Crippen LogP contribution is 2.35. The Labute approximate surface area is 181 Å². The van der Waals surface area contributed by atoms with Gasteiger partial charge in [0.2, 0.25) is 5.91 Å². The first-order valence-corrected chi connectivity index (χ1v) is 10.8. The number of rotatable bonds is 8. The summed E-state index contributed by atoms with van der Waals surface area (Å²) in [5.74, 6) is 0.175. The standard InChI is InChI=1S/C22H23N3O5S/c1-16-11-17(14-23-13-16)24-22(26)15-25(31(27,28)19-7-5-4-6-8-19)20-12-18(29-2)9-10-21(20)30-3/h4-14H,15H2,1-3H3,(H,24,26). The van der Waals surface area contributed by atoms with Crippen molar-refractivity contribution in [3.8, 4) is 11.5 Å². The molecular formula is C22H23N3O5S. The first kappa shape index (κ1) is 22.1. The van der Waals surface area contributed by atoms with Gasteiger partial charge in [-0.1, -0.05) is 18.2 Å². The Kier molecular flexibility index (Phi) is 6.76. The minimum atomic E-state index is -4.09. The van der Waals surface area contributed by atoms with Crippen molar-refractivity contribution in [3.63, 3.8) is 0 Å². The van der Waals surface area contributed by atoms with Gasteiger partial charge in [0, 0.05) is 12.3 Å². The van der Waals surface area contributed by atoms with Gasteiger partial charge in [-0.15, -0.1) is 0 Å². The van der Waals surface area contributed by atoms with E-state index in [0.29, 0.717) is 11.4 Å². The second-order valence-corrected chi connectivity index (χ2v) is 8.52. The van der Waals surface area contributed by atoms with Crippen LogP contribution in [0.2, 0.25) is 0 Å². The summed E-state index contributed by atoms with van der Waals surface area (Å²) in [5, 5.41) is 2.69. The molecule has 0 bridgehead atoms. The van der Waals surface area contributed by atoms with E-state index in [0.717, 1.165) is 9.87 Å². The number of amides is 1. The number of nitrogens with one attached hydrogen (secondary N) is 1. The van der Waals surface area contributed by atoms with E-state index in [1.807, 2.05) is 6.92 Å². The lowest BCUT2D eigenvalue weighted by molar-refractivity contribution is -0.114. The Morgan fingerprint density at radius 2 is 1.77 bits per heavy atom. The lowest BCUT2D eigenvalue weighted by Gasteiger charge is -2.26. The fraction of sp³-hybridized carbons (Fsp3) is 0.182. The molecule has 0 aliphatic carbocycles. The van der Waals surface area contributed by atoms with E-state index in [1.165, 1.54) is 38.6 Å². The van der Waals surface area contributed by atoms with Crippen LogP contribution in [0.25, 0.3) is 0 Å². The predicted molar refractivity (Wildman–Crippen MR) is 118 cm³/mol. The molecule has 0 atom stereocenters. The maximum Gasteiger partial charge on any atom is 0.264 e. The van der Waals surface area contributed by atoms with Crippen LogP contribution in [-0.2, 0) is 14.8 Å². The largest absolute Gasteiger partial charge is 0.497 e. The molecule has 0 spiro atoms. The number of sulfonamides is 1. The summed E-state index contributed by atoms with van der Waals surface area (Å²) in [6, 6.07) is 14.4. The van der Waals surface area contributed by atoms with Crippen LogP contribution in [0.3, 0.4) is 0 Å². The number of carbonyl (C=O) groups is 1. The highest BCUT2D eigenvalue weighted by molar-refractivity contribution is 7.92. The number of hydrogen-bond acceptors (Lipinski definition) is 6. The van der Waals surface area contributed by atoms with E-state index < -0.39 is 22.5 Å². The first-order valence-electron chi connectivity index (χ1n) is 9.36. The summed E-state index contributed by atoms with van der Waals surface area (Å²) in [5.41, 5.74) is 1.52. The van der Waals surface area contributed by atoms with Gasteiger partial charge in [-0.2, -0.15) is 0 Å². The van der Waals surface area contributed by atoms with Crippen LogP contribution in [0.1, 0.15) is 5.56 Å². The summed E-state index contributed by atoms with van der Waals surface area (Å²) in [7, 11) is -1.19. The predicted octanol–water partition coefficient (Wildman–Crippen LogP) is 3.24. The second kappa shape index (κ2) is 9.48. The third-order valence-electron chi connectivity index (χ3n) is 4.43. The fourth-order valence-corrected chi connectivity index (χ4v) is 4.41. The van der Waals surface area contributed by atoms with Crippen molar-refractivity contribution in [2.45, 2.75) is 11.8 Å². The van der Waals surface area contributed by atoms with E-state index in [-0.39, 0.29) is 16.3 Å². The molecule has 3 aromatic rings. The molecule has 0 fully saturated rings. The average molecular weight is 442 g/mol. The third-order valence-corrected chi connectivity index (χ3v) is 6.21. The van der Waals surface area contributed by atoms with Crippen LogP contribution in [-0.4, -0.2) is 40.1 Å². The maximum absolute atomic E-state index is 13.5. The first-order chi connectivity index (χ1) is 14.8. The molecule has 0 aliphatic heterocycles. The van der Waals surface area contributed by atoms with Crippen LogP contribution in [0, 0.1) is 6.92 Å². The highest BCUT2D eigenvalue weighted by atomic mass is 32.2. The summed E-state index contributed by atoms with van der Waals surface area (Å²) >= 11 is 0. The molecule has 1 heterocycles. The zero-order valence-electron chi connectivity index (χ0n) is 17.4. The van der Waals surface area contributed by atoms with E-state index in [4.69, 9.17) is 9.47 Å². The minimum Gasteiger partial charge on any atom is -0.497 e. The number of hydrogen-bond donors (Lipinski definition) is 1. The van der Waals surface area contributed by atoms with Gasteiger partial charge in [-0.3, -0.25) is 14.1 Å². The summed E-state index contributed by atoms with van der Waals surface area (Å²) in [6.07, 6.45) is 3.15. The number of ether oxygens (including phenoxy) is 2. The number of methoxy groups -OCH3 is 2. The average Bonchev–Trinajstić information content (AvgIpc) is 2.77. The van der Waals surface area contributed by atoms with E-state index >= 15 is 0 Å². The Morgan fingerprint density at radius 3 is 2.42 bits per heavy atom. The molecule has 0 unspecified atom stereocenters. The van der Waals surface area contributed by atoms with E-state index in [2.05, 4.69) is 10.3 Å². The Bertz CT molecular complexity index is 1170. The summed E-state index contributed by atoms with van der Waals surface area (Å²) in [6.45, 7) is 1.37. The molecular weight excluding hydrogens is 418 g/mol. The van der Waals surface area contributed by atoms with Gasteiger partial charge in [0.15, 0.2) is 0 Å². The fourth-order valence-electron chi connectivity index (χ4n) is 2.97. The molecule has 1 amide bonds. The number of aryl methyl sites for hydroxylation is 1. The van der Waals surface area contributed by atoms with Crippen molar-refractivity contribution >= 4 is 27.3 Å². The molecule has 31 heavy (non-hydrogen) atoms. The van der Waals surface area contributed by atoms with Gasteiger partial charge >= 0.3 is 0 Å². The van der Waals surface area contributed by atoms with Gasteiger partial charge in [0.05, 0.1) is 36.7 Å². The molecule has 9 heteroatoms. The summed E-state index contributed by atoms with van der Waals surface area (Å²) < 4.78 is 38.6. The molecule has 0 radical (unpaired) electrons. The molecule has 3 rings (SSSR count). The maximum atomic E-state index is 13.5. The monoisotopic (exact) mass is 441 g/mol. The van der Waals surface area contributed by atoms with Crippen molar-refractivity contribution in [3.05, 3.63) is 72.6 Å². The van der Waals surface area contributed by atoms with Gasteiger partial charge in [-0.25, -0.2) is 8.42 Å². The van der Waals surface area contributed by atoms with Crippen LogP contribution >= 0.6 is 0 Å². The second-order valence-electron chi connectivity index (χ2n) is 6.66. The lowest BCUT2D eigenvalue weighted by Crippen LogP contribution is -2.38. The van der Waals surface area contributed by atoms with Gasteiger partial charge in [0.25, 0.3) is 10.0 Å². The van der Waals surface area contributed by atoms with Gasteiger partial charge in [-0.05, 0) is 42.8 Å². The van der Waals surface area contributed by atoms with Gasteiger partial charge in [0.1, 0.15) is 18.0 Å². The van der Waals surface area contributed by atoms with Crippen molar-refractivity contribution in [2.75, 3.05) is 30.4 Å². The minimum absolute atomic E-state index is 0.0462. The molecule has 2 aromatic carbocycles. The molecule has 162 valence electrons. The molecule has 0 saturated carbocycles. The zero-order chi connectivity index (χ0) is 22.4. The van der Waals surface area contributed by atoms with Crippen LogP contribution in [0.15, 0.2) is 71.9 Å². The Morgan fingerprint density at radius 1 is 1.03 bits per heavy atom. The highest BCUT2D eigenvalue weighted by Gasteiger charge is 2.30. The van der Waals surface area contributed by atoms with Gasteiger partial charge < -0.3 is 14.8 Å². The normalized spacial score (nSPS) is 10.9. The van der Waals surface area contributed by atoms with Crippen molar-refractivity contribution in [2.24, 2.45) is 0 Å². The van der Waals surface area contributed by atoms with Crippen LogP contribution in [0.4, 0.5) is 11.4 Å².